The van der Waals surface area contributed by atoms with Crippen LogP contribution in [0.4, 0.5) is 0 Å². The second kappa shape index (κ2) is 10.3. The lowest BCUT2D eigenvalue weighted by atomic mass is 9.99. The maximum atomic E-state index is 12.2. The Hall–Kier alpha value is -0.530. The zero-order valence-electron chi connectivity index (χ0n) is 13.1. The van der Waals surface area contributed by atoms with Gasteiger partial charge in [-0.15, -0.1) is 0 Å². The maximum absolute atomic E-state index is 12.2. The topological polar surface area (TPSA) is 20.3 Å². The van der Waals surface area contributed by atoms with Gasteiger partial charge in [0.25, 0.3) is 0 Å². The van der Waals surface area contributed by atoms with Crippen LogP contribution in [0, 0.1) is 0 Å². The summed E-state index contributed by atoms with van der Waals surface area (Å²) in [4.78, 5) is 14.4. The number of piperidine rings is 1. The summed E-state index contributed by atoms with van der Waals surface area (Å²) in [6, 6.07) is 0.533. The highest BCUT2D eigenvalue weighted by Gasteiger charge is 2.24. The van der Waals surface area contributed by atoms with Crippen molar-refractivity contribution < 1.29 is 4.79 Å². The molecule has 1 fully saturated rings. The van der Waals surface area contributed by atoms with E-state index < -0.39 is 0 Å². The average Bonchev–Trinajstić information content (AvgIpc) is 2.46. The van der Waals surface area contributed by atoms with E-state index in [1.165, 1.54) is 57.8 Å². The number of rotatable bonds is 9. The molecule has 0 aromatic rings. The molecule has 1 atom stereocenters. The summed E-state index contributed by atoms with van der Waals surface area (Å²) in [5.41, 5.74) is 0. The Morgan fingerprint density at radius 2 is 1.68 bits per heavy atom. The minimum Gasteiger partial charge on any atom is -0.340 e. The van der Waals surface area contributed by atoms with Crippen LogP contribution in [-0.2, 0) is 4.79 Å². The number of nitrogens with zero attached hydrogens (tertiary/aromatic N) is 1. The third kappa shape index (κ3) is 6.44. The van der Waals surface area contributed by atoms with E-state index >= 15 is 0 Å². The fraction of sp³-hybridized carbons (Fsp3) is 0.941. The highest BCUT2D eigenvalue weighted by molar-refractivity contribution is 5.76. The minimum atomic E-state index is 0.417. The highest BCUT2D eigenvalue weighted by atomic mass is 16.2. The third-order valence-corrected chi connectivity index (χ3v) is 4.41. The molecule has 19 heavy (non-hydrogen) atoms. The van der Waals surface area contributed by atoms with Crippen molar-refractivity contribution in [2.45, 2.75) is 96.9 Å². The Labute approximate surface area is 119 Å². The molecule has 1 aliphatic heterocycles. The summed E-state index contributed by atoms with van der Waals surface area (Å²) >= 11 is 0. The zero-order valence-corrected chi connectivity index (χ0v) is 13.1. The molecule has 0 saturated carbocycles. The van der Waals surface area contributed by atoms with Crippen molar-refractivity contribution >= 4 is 5.91 Å². The molecule has 1 aliphatic rings. The van der Waals surface area contributed by atoms with Crippen molar-refractivity contribution in [1.29, 1.82) is 0 Å². The van der Waals surface area contributed by atoms with Crippen molar-refractivity contribution in [3.63, 3.8) is 0 Å². The Kier molecular flexibility index (Phi) is 8.94. The largest absolute Gasteiger partial charge is 0.340 e. The summed E-state index contributed by atoms with van der Waals surface area (Å²) < 4.78 is 0. The van der Waals surface area contributed by atoms with Gasteiger partial charge in [0.05, 0.1) is 0 Å². The predicted molar refractivity (Wildman–Crippen MR) is 82.3 cm³/mol. The Morgan fingerprint density at radius 3 is 2.37 bits per heavy atom. The molecule has 2 heteroatoms. The summed E-state index contributed by atoms with van der Waals surface area (Å²) in [7, 11) is 0. The number of likely N-dealkylation sites (tertiary alicyclic amines) is 1. The standard InChI is InChI=1S/C17H33NO/c1-3-5-6-7-8-9-10-14-17(19)18-15-12-11-13-16(18)4-2/h16H,3-15H2,1-2H3/t16-/m0/s1. The summed E-state index contributed by atoms with van der Waals surface area (Å²) in [6.45, 7) is 5.47. The number of amides is 1. The van der Waals surface area contributed by atoms with Gasteiger partial charge >= 0.3 is 0 Å². The number of unbranched alkanes of at least 4 members (excludes halogenated alkanes) is 6. The summed E-state index contributed by atoms with van der Waals surface area (Å²) in [6.07, 6.45) is 14.7. The minimum absolute atomic E-state index is 0.417. The molecular weight excluding hydrogens is 234 g/mol. The van der Waals surface area contributed by atoms with Crippen LogP contribution >= 0.6 is 0 Å². The molecule has 0 unspecified atom stereocenters. The lowest BCUT2D eigenvalue weighted by molar-refractivity contribution is -0.135. The van der Waals surface area contributed by atoms with Gasteiger partial charge in [-0.2, -0.15) is 0 Å². The molecule has 1 saturated heterocycles. The molecule has 0 N–H and O–H groups in total. The molecule has 0 aromatic carbocycles. The third-order valence-electron chi connectivity index (χ3n) is 4.41. The second-order valence-electron chi connectivity index (χ2n) is 6.02. The van der Waals surface area contributed by atoms with Gasteiger partial charge in [-0.1, -0.05) is 52.4 Å². The lowest BCUT2D eigenvalue weighted by Gasteiger charge is -2.35. The molecule has 0 radical (unpaired) electrons. The number of carbonyl (C=O) groups excluding carboxylic acids is 1. The van der Waals surface area contributed by atoms with Gasteiger partial charge in [-0.05, 0) is 32.1 Å². The maximum Gasteiger partial charge on any atom is 0.222 e. The fourth-order valence-electron chi connectivity index (χ4n) is 3.13. The molecular formula is C17H33NO. The molecule has 1 amide bonds. The van der Waals surface area contributed by atoms with Crippen LogP contribution in [0.5, 0.6) is 0 Å². The van der Waals surface area contributed by atoms with Crippen LogP contribution in [0.2, 0.25) is 0 Å². The average molecular weight is 267 g/mol. The number of carbonyl (C=O) groups is 1. The molecule has 0 aromatic heterocycles. The van der Waals surface area contributed by atoms with Gasteiger partial charge < -0.3 is 4.90 Å². The van der Waals surface area contributed by atoms with Gasteiger partial charge in [0.1, 0.15) is 0 Å². The van der Waals surface area contributed by atoms with Crippen molar-refractivity contribution in [2.75, 3.05) is 6.54 Å². The lowest BCUT2D eigenvalue weighted by Crippen LogP contribution is -2.43. The van der Waals surface area contributed by atoms with E-state index in [9.17, 15) is 4.79 Å². The van der Waals surface area contributed by atoms with Crippen molar-refractivity contribution in [3.8, 4) is 0 Å². The molecule has 112 valence electrons. The molecule has 2 nitrogen and oxygen atoms in total. The van der Waals surface area contributed by atoms with Crippen LogP contribution in [0.15, 0.2) is 0 Å². The Balaban J connectivity index is 2.09. The van der Waals surface area contributed by atoms with Crippen LogP contribution in [0.3, 0.4) is 0 Å². The summed E-state index contributed by atoms with van der Waals surface area (Å²) in [5, 5.41) is 0. The summed E-state index contributed by atoms with van der Waals surface area (Å²) in [5.74, 6) is 0.417. The van der Waals surface area contributed by atoms with Gasteiger partial charge in [0.2, 0.25) is 5.91 Å². The second-order valence-corrected chi connectivity index (χ2v) is 6.02. The molecule has 1 heterocycles. The normalized spacial score (nSPS) is 19.7. The molecule has 0 bridgehead atoms. The smallest absolute Gasteiger partial charge is 0.222 e. The van der Waals surface area contributed by atoms with Gasteiger partial charge in [0.15, 0.2) is 0 Å². The van der Waals surface area contributed by atoms with Crippen molar-refractivity contribution in [2.24, 2.45) is 0 Å². The molecule has 0 spiro atoms. The highest BCUT2D eigenvalue weighted by Crippen LogP contribution is 2.21. The van der Waals surface area contributed by atoms with Gasteiger partial charge in [0, 0.05) is 19.0 Å². The first-order valence-corrected chi connectivity index (χ1v) is 8.59. The van der Waals surface area contributed by atoms with Crippen LogP contribution in [0.1, 0.15) is 90.9 Å². The number of hydrogen-bond donors (Lipinski definition) is 0. The van der Waals surface area contributed by atoms with Crippen LogP contribution in [-0.4, -0.2) is 23.4 Å². The quantitative estimate of drug-likeness (QED) is 0.543. The fourth-order valence-corrected chi connectivity index (χ4v) is 3.13. The molecule has 1 rings (SSSR count). The van der Waals surface area contributed by atoms with Crippen molar-refractivity contribution in [1.82, 2.24) is 4.90 Å². The van der Waals surface area contributed by atoms with Crippen LogP contribution < -0.4 is 0 Å². The van der Waals surface area contributed by atoms with E-state index in [0.717, 1.165) is 25.8 Å². The van der Waals surface area contributed by atoms with E-state index in [1.807, 2.05) is 0 Å². The SMILES string of the molecule is CCCCCCCCCC(=O)N1CCCC[C@@H]1CC. The van der Waals surface area contributed by atoms with E-state index in [4.69, 9.17) is 0 Å². The van der Waals surface area contributed by atoms with E-state index in [2.05, 4.69) is 18.7 Å². The van der Waals surface area contributed by atoms with E-state index in [-0.39, 0.29) is 0 Å². The number of hydrogen-bond acceptors (Lipinski definition) is 1. The predicted octanol–water partition coefficient (Wildman–Crippen LogP) is 4.92. The monoisotopic (exact) mass is 267 g/mol. The van der Waals surface area contributed by atoms with Gasteiger partial charge in [-0.25, -0.2) is 0 Å². The van der Waals surface area contributed by atoms with Crippen LogP contribution in [0.25, 0.3) is 0 Å². The van der Waals surface area contributed by atoms with Gasteiger partial charge in [-0.3, -0.25) is 4.79 Å². The Bertz CT molecular complexity index is 239. The van der Waals surface area contributed by atoms with E-state index in [0.29, 0.717) is 11.9 Å². The zero-order chi connectivity index (χ0) is 13.9. The molecule has 0 aliphatic carbocycles. The Morgan fingerprint density at radius 1 is 1.00 bits per heavy atom. The van der Waals surface area contributed by atoms with Crippen molar-refractivity contribution in [3.05, 3.63) is 0 Å². The first-order chi connectivity index (χ1) is 9.29. The van der Waals surface area contributed by atoms with E-state index in [1.54, 1.807) is 0 Å². The first-order valence-electron chi connectivity index (χ1n) is 8.59. The first kappa shape index (κ1) is 16.5.